The highest BCUT2D eigenvalue weighted by atomic mass is 16.4. The van der Waals surface area contributed by atoms with Crippen LogP contribution >= 0.6 is 0 Å². The van der Waals surface area contributed by atoms with E-state index in [4.69, 9.17) is 5.11 Å². The van der Waals surface area contributed by atoms with Gasteiger partial charge in [0, 0.05) is 18.3 Å². The molecule has 2 N–H and O–H groups in total. The molecule has 0 radical (unpaired) electrons. The summed E-state index contributed by atoms with van der Waals surface area (Å²) >= 11 is 0. The minimum Gasteiger partial charge on any atom is -0.478 e. The van der Waals surface area contributed by atoms with Crippen molar-refractivity contribution in [2.24, 2.45) is 0 Å². The Kier molecular flexibility index (Phi) is 3.42. The molecule has 1 rings (SSSR count). The summed E-state index contributed by atoms with van der Waals surface area (Å²) in [4.78, 5) is 14.8. The van der Waals surface area contributed by atoms with Crippen molar-refractivity contribution in [2.75, 3.05) is 0 Å². The number of carboxylic acid groups (broad SMARTS) is 1. The summed E-state index contributed by atoms with van der Waals surface area (Å²) in [6.45, 7) is 6.72. The third-order valence-corrected chi connectivity index (χ3v) is 1.86. The minimum atomic E-state index is -0.922. The van der Waals surface area contributed by atoms with Crippen LogP contribution in [0, 0.1) is 0 Å². The van der Waals surface area contributed by atoms with Crippen molar-refractivity contribution in [3.63, 3.8) is 0 Å². The van der Waals surface area contributed by atoms with Crippen LogP contribution in [-0.4, -0.2) is 21.6 Å². The number of aromatic carboxylic acids is 1. The molecule has 0 saturated heterocycles. The van der Waals surface area contributed by atoms with E-state index in [-0.39, 0.29) is 11.1 Å². The molecule has 4 heteroatoms. The Hall–Kier alpha value is -1.42. The lowest BCUT2D eigenvalue weighted by atomic mass is 10.1. The maximum atomic E-state index is 10.7. The fourth-order valence-electron chi connectivity index (χ4n) is 1.06. The quantitative estimate of drug-likeness (QED) is 0.793. The molecule has 82 valence electrons. The Labute approximate surface area is 89.3 Å². The summed E-state index contributed by atoms with van der Waals surface area (Å²) in [6.07, 6.45) is 1.52. The van der Waals surface area contributed by atoms with E-state index < -0.39 is 5.97 Å². The van der Waals surface area contributed by atoms with Gasteiger partial charge in [0.15, 0.2) is 0 Å². The van der Waals surface area contributed by atoms with E-state index in [2.05, 4.69) is 10.3 Å². The van der Waals surface area contributed by atoms with E-state index in [1.807, 2.05) is 20.8 Å². The number of nitrogens with one attached hydrogen (secondary N) is 1. The summed E-state index contributed by atoms with van der Waals surface area (Å²) in [5, 5.41) is 12.0. The Morgan fingerprint density at radius 2 is 2.20 bits per heavy atom. The van der Waals surface area contributed by atoms with E-state index in [0.29, 0.717) is 6.54 Å². The molecule has 0 atom stereocenters. The molecule has 0 aromatic carbocycles. The SMILES string of the molecule is CC(C)(C)NCc1cc(C(=O)O)ccn1. The lowest BCUT2D eigenvalue weighted by Crippen LogP contribution is -2.35. The summed E-state index contributed by atoms with van der Waals surface area (Å²) in [6, 6.07) is 3.07. The van der Waals surface area contributed by atoms with Crippen molar-refractivity contribution in [2.45, 2.75) is 32.9 Å². The fourth-order valence-corrected chi connectivity index (χ4v) is 1.06. The monoisotopic (exact) mass is 208 g/mol. The zero-order chi connectivity index (χ0) is 11.5. The second kappa shape index (κ2) is 4.40. The van der Waals surface area contributed by atoms with E-state index >= 15 is 0 Å². The molecule has 0 saturated carbocycles. The Balaban J connectivity index is 2.70. The molecule has 1 heterocycles. The van der Waals surface area contributed by atoms with Crippen molar-refractivity contribution in [1.82, 2.24) is 10.3 Å². The zero-order valence-electron chi connectivity index (χ0n) is 9.24. The van der Waals surface area contributed by atoms with Gasteiger partial charge in [-0.15, -0.1) is 0 Å². The number of aromatic nitrogens is 1. The summed E-state index contributed by atoms with van der Waals surface area (Å²) in [5.74, 6) is -0.922. The molecule has 0 aliphatic carbocycles. The second-order valence-electron chi connectivity index (χ2n) is 4.44. The highest BCUT2D eigenvalue weighted by Crippen LogP contribution is 2.04. The number of hydrogen-bond acceptors (Lipinski definition) is 3. The van der Waals surface area contributed by atoms with Crippen LogP contribution in [0.3, 0.4) is 0 Å². The van der Waals surface area contributed by atoms with Crippen LogP contribution < -0.4 is 5.32 Å². The molecule has 0 spiro atoms. The van der Waals surface area contributed by atoms with Gasteiger partial charge in [0.1, 0.15) is 0 Å². The first kappa shape index (κ1) is 11.7. The first-order valence-electron chi connectivity index (χ1n) is 4.82. The Bertz CT molecular complexity index is 356. The number of hydrogen-bond donors (Lipinski definition) is 2. The van der Waals surface area contributed by atoms with Gasteiger partial charge in [-0.3, -0.25) is 4.98 Å². The lowest BCUT2D eigenvalue weighted by molar-refractivity contribution is 0.0696. The van der Waals surface area contributed by atoms with Gasteiger partial charge in [-0.25, -0.2) is 4.79 Å². The van der Waals surface area contributed by atoms with Gasteiger partial charge in [-0.05, 0) is 32.9 Å². The first-order chi connectivity index (χ1) is 6.88. The van der Waals surface area contributed by atoms with Crippen molar-refractivity contribution in [1.29, 1.82) is 0 Å². The van der Waals surface area contributed by atoms with Crippen molar-refractivity contribution < 1.29 is 9.90 Å². The average Bonchev–Trinajstić information content (AvgIpc) is 2.14. The lowest BCUT2D eigenvalue weighted by Gasteiger charge is -2.20. The smallest absolute Gasteiger partial charge is 0.335 e. The molecular formula is C11H16N2O2. The molecule has 0 aliphatic rings. The number of rotatable bonds is 3. The number of nitrogens with zero attached hydrogens (tertiary/aromatic N) is 1. The van der Waals surface area contributed by atoms with E-state index in [1.54, 1.807) is 6.07 Å². The summed E-state index contributed by atoms with van der Waals surface area (Å²) in [5.41, 5.74) is 1.02. The van der Waals surface area contributed by atoms with Gasteiger partial charge in [0.2, 0.25) is 0 Å². The molecule has 1 aromatic heterocycles. The van der Waals surface area contributed by atoms with E-state index in [9.17, 15) is 4.79 Å². The zero-order valence-corrected chi connectivity index (χ0v) is 9.24. The highest BCUT2D eigenvalue weighted by Gasteiger charge is 2.10. The molecule has 0 amide bonds. The maximum absolute atomic E-state index is 10.7. The predicted octanol–water partition coefficient (Wildman–Crippen LogP) is 1.67. The highest BCUT2D eigenvalue weighted by molar-refractivity contribution is 5.87. The maximum Gasteiger partial charge on any atom is 0.335 e. The van der Waals surface area contributed by atoms with E-state index in [1.165, 1.54) is 12.3 Å². The molecular weight excluding hydrogens is 192 g/mol. The van der Waals surface area contributed by atoms with Crippen molar-refractivity contribution >= 4 is 5.97 Å². The van der Waals surface area contributed by atoms with Gasteiger partial charge in [-0.1, -0.05) is 0 Å². The van der Waals surface area contributed by atoms with Crippen LogP contribution in [0.4, 0.5) is 0 Å². The Morgan fingerprint density at radius 3 is 2.73 bits per heavy atom. The van der Waals surface area contributed by atoms with Gasteiger partial charge in [-0.2, -0.15) is 0 Å². The molecule has 0 aliphatic heterocycles. The first-order valence-corrected chi connectivity index (χ1v) is 4.82. The number of carboxylic acids is 1. The van der Waals surface area contributed by atoms with Crippen LogP contribution in [0.25, 0.3) is 0 Å². The molecule has 0 unspecified atom stereocenters. The molecule has 4 nitrogen and oxygen atoms in total. The molecule has 0 fully saturated rings. The second-order valence-corrected chi connectivity index (χ2v) is 4.44. The summed E-state index contributed by atoms with van der Waals surface area (Å²) < 4.78 is 0. The van der Waals surface area contributed by atoms with Crippen LogP contribution in [0.15, 0.2) is 18.3 Å². The number of pyridine rings is 1. The van der Waals surface area contributed by atoms with Gasteiger partial charge >= 0.3 is 5.97 Å². The third-order valence-electron chi connectivity index (χ3n) is 1.86. The molecule has 15 heavy (non-hydrogen) atoms. The predicted molar refractivity (Wildman–Crippen MR) is 57.8 cm³/mol. The van der Waals surface area contributed by atoms with Crippen LogP contribution in [0.2, 0.25) is 0 Å². The average molecular weight is 208 g/mol. The van der Waals surface area contributed by atoms with Crippen molar-refractivity contribution in [3.05, 3.63) is 29.6 Å². The summed E-state index contributed by atoms with van der Waals surface area (Å²) in [7, 11) is 0. The minimum absolute atomic E-state index is 0.000901. The largest absolute Gasteiger partial charge is 0.478 e. The fraction of sp³-hybridized carbons (Fsp3) is 0.455. The number of carbonyl (C=O) groups is 1. The molecule has 0 bridgehead atoms. The van der Waals surface area contributed by atoms with Crippen LogP contribution in [0.5, 0.6) is 0 Å². The topological polar surface area (TPSA) is 62.2 Å². The van der Waals surface area contributed by atoms with E-state index in [0.717, 1.165) is 5.69 Å². The Morgan fingerprint density at radius 1 is 1.53 bits per heavy atom. The van der Waals surface area contributed by atoms with Gasteiger partial charge in [0.25, 0.3) is 0 Å². The van der Waals surface area contributed by atoms with Gasteiger partial charge < -0.3 is 10.4 Å². The van der Waals surface area contributed by atoms with Crippen molar-refractivity contribution in [3.8, 4) is 0 Å². The third kappa shape index (κ3) is 4.08. The van der Waals surface area contributed by atoms with Gasteiger partial charge in [0.05, 0.1) is 11.3 Å². The van der Waals surface area contributed by atoms with Crippen LogP contribution in [-0.2, 0) is 6.54 Å². The normalized spacial score (nSPS) is 11.4. The van der Waals surface area contributed by atoms with Crippen LogP contribution in [0.1, 0.15) is 36.8 Å². The standard InChI is InChI=1S/C11H16N2O2/c1-11(2,3)13-7-9-6-8(10(14)15)4-5-12-9/h4-6,13H,7H2,1-3H3,(H,14,15). The molecule has 1 aromatic rings.